The molecule has 4 rings (SSSR count). The van der Waals surface area contributed by atoms with Gasteiger partial charge in [0.25, 0.3) is 0 Å². The first-order chi connectivity index (χ1) is 12.7. The summed E-state index contributed by atoms with van der Waals surface area (Å²) in [6, 6.07) is 9.00. The van der Waals surface area contributed by atoms with Gasteiger partial charge in [-0.05, 0) is 36.3 Å². The average Bonchev–Trinajstić information content (AvgIpc) is 2.98. The summed E-state index contributed by atoms with van der Waals surface area (Å²) in [6.45, 7) is 5.90. The van der Waals surface area contributed by atoms with Crippen LogP contribution in [0, 0.1) is 0 Å². The third-order valence-corrected chi connectivity index (χ3v) is 6.72. The molecule has 3 aliphatic rings. The van der Waals surface area contributed by atoms with E-state index in [0.29, 0.717) is 19.1 Å². The van der Waals surface area contributed by atoms with Crippen LogP contribution in [0.4, 0.5) is 4.79 Å². The summed E-state index contributed by atoms with van der Waals surface area (Å²) < 4.78 is 5.48. The Bertz CT molecular complexity index is 631. The molecule has 2 heterocycles. The molecule has 4 nitrogen and oxygen atoms in total. The highest BCUT2D eigenvalue weighted by Crippen LogP contribution is 2.44. The van der Waals surface area contributed by atoms with E-state index in [2.05, 4.69) is 36.1 Å². The molecule has 1 aliphatic carbocycles. The van der Waals surface area contributed by atoms with E-state index >= 15 is 0 Å². The SMILES string of the molecule is CC1CC2(CCCCCC2)N(C(=O)N2CCOCC2)Cc2ccccc21. The van der Waals surface area contributed by atoms with E-state index in [1.807, 2.05) is 4.90 Å². The summed E-state index contributed by atoms with van der Waals surface area (Å²) in [5, 5.41) is 0. The molecule has 142 valence electrons. The molecule has 1 saturated carbocycles. The topological polar surface area (TPSA) is 32.8 Å². The smallest absolute Gasteiger partial charge is 0.320 e. The molecule has 1 saturated heterocycles. The second-order valence-electron chi connectivity index (χ2n) is 8.41. The molecule has 0 aromatic heterocycles. The highest BCUT2D eigenvalue weighted by molar-refractivity contribution is 5.76. The Morgan fingerprint density at radius 1 is 1.08 bits per heavy atom. The van der Waals surface area contributed by atoms with E-state index in [-0.39, 0.29) is 11.6 Å². The number of carbonyl (C=O) groups excluding carboxylic acids is 1. The van der Waals surface area contributed by atoms with Crippen molar-refractivity contribution in [1.82, 2.24) is 9.80 Å². The highest BCUT2D eigenvalue weighted by atomic mass is 16.5. The van der Waals surface area contributed by atoms with Crippen LogP contribution in [0.15, 0.2) is 24.3 Å². The van der Waals surface area contributed by atoms with Crippen LogP contribution in [-0.2, 0) is 11.3 Å². The summed E-state index contributed by atoms with van der Waals surface area (Å²) in [6.07, 6.45) is 8.51. The predicted molar refractivity (Wildman–Crippen MR) is 103 cm³/mol. The number of fused-ring (bicyclic) bond motifs is 1. The maximum absolute atomic E-state index is 13.6. The molecular formula is C22H32N2O2. The minimum Gasteiger partial charge on any atom is -0.378 e. The number of carbonyl (C=O) groups is 1. The number of hydrogen-bond acceptors (Lipinski definition) is 2. The number of ether oxygens (including phenoxy) is 1. The quantitative estimate of drug-likeness (QED) is 0.683. The van der Waals surface area contributed by atoms with Gasteiger partial charge in [0.05, 0.1) is 13.2 Å². The van der Waals surface area contributed by atoms with Gasteiger partial charge in [-0.15, -0.1) is 0 Å². The van der Waals surface area contributed by atoms with Gasteiger partial charge in [-0.3, -0.25) is 0 Å². The van der Waals surface area contributed by atoms with Crippen molar-refractivity contribution >= 4 is 6.03 Å². The monoisotopic (exact) mass is 356 g/mol. The largest absolute Gasteiger partial charge is 0.378 e. The maximum atomic E-state index is 13.6. The number of nitrogens with zero attached hydrogens (tertiary/aromatic N) is 2. The van der Waals surface area contributed by atoms with Gasteiger partial charge >= 0.3 is 6.03 Å². The Labute approximate surface area is 157 Å². The lowest BCUT2D eigenvalue weighted by Crippen LogP contribution is -2.57. The van der Waals surface area contributed by atoms with Crippen molar-refractivity contribution in [2.24, 2.45) is 0 Å². The van der Waals surface area contributed by atoms with Crippen molar-refractivity contribution in [1.29, 1.82) is 0 Å². The average molecular weight is 357 g/mol. The Balaban J connectivity index is 1.71. The van der Waals surface area contributed by atoms with Gasteiger partial charge in [-0.2, -0.15) is 0 Å². The number of hydrogen-bond donors (Lipinski definition) is 0. The third kappa shape index (κ3) is 3.36. The van der Waals surface area contributed by atoms with Crippen molar-refractivity contribution in [3.63, 3.8) is 0 Å². The molecular weight excluding hydrogens is 324 g/mol. The Hall–Kier alpha value is -1.55. The molecule has 2 fully saturated rings. The Morgan fingerprint density at radius 2 is 1.77 bits per heavy atom. The molecule has 1 atom stereocenters. The fourth-order valence-electron chi connectivity index (χ4n) is 5.34. The van der Waals surface area contributed by atoms with E-state index < -0.39 is 0 Å². The highest BCUT2D eigenvalue weighted by Gasteiger charge is 2.44. The standard InChI is InChI=1S/C22H32N2O2/c1-18-16-22(10-6-2-3-7-11-22)24(17-19-8-4-5-9-20(18)19)21(25)23-12-14-26-15-13-23/h4-5,8-9,18H,2-3,6-7,10-17H2,1H3. The first-order valence-corrected chi connectivity index (χ1v) is 10.4. The van der Waals surface area contributed by atoms with Gasteiger partial charge in [0.2, 0.25) is 0 Å². The first-order valence-electron chi connectivity index (χ1n) is 10.4. The molecule has 0 N–H and O–H groups in total. The number of benzene rings is 1. The molecule has 1 unspecified atom stereocenters. The Morgan fingerprint density at radius 3 is 2.50 bits per heavy atom. The van der Waals surface area contributed by atoms with Crippen LogP contribution in [0.25, 0.3) is 0 Å². The lowest BCUT2D eigenvalue weighted by atomic mass is 9.79. The van der Waals surface area contributed by atoms with E-state index in [1.165, 1.54) is 36.8 Å². The second kappa shape index (κ2) is 7.59. The minimum absolute atomic E-state index is 0.0182. The molecule has 1 aromatic rings. The fourth-order valence-corrected chi connectivity index (χ4v) is 5.34. The van der Waals surface area contributed by atoms with Crippen LogP contribution < -0.4 is 0 Å². The van der Waals surface area contributed by atoms with E-state index in [9.17, 15) is 4.79 Å². The molecule has 1 spiro atoms. The summed E-state index contributed by atoms with van der Waals surface area (Å²) in [5.74, 6) is 0.506. The van der Waals surface area contributed by atoms with Gasteiger partial charge in [-0.25, -0.2) is 4.79 Å². The number of amides is 2. The van der Waals surface area contributed by atoms with Crippen LogP contribution in [0.2, 0.25) is 0 Å². The molecule has 0 radical (unpaired) electrons. The lowest BCUT2D eigenvalue weighted by Gasteiger charge is -2.46. The summed E-state index contributed by atoms with van der Waals surface area (Å²) >= 11 is 0. The fraction of sp³-hybridized carbons (Fsp3) is 0.682. The number of morpholine rings is 1. The van der Waals surface area contributed by atoms with E-state index in [0.717, 1.165) is 38.9 Å². The molecule has 2 amide bonds. The van der Waals surface area contributed by atoms with Gasteiger partial charge in [0.15, 0.2) is 0 Å². The van der Waals surface area contributed by atoms with Crippen molar-refractivity contribution in [2.75, 3.05) is 26.3 Å². The van der Waals surface area contributed by atoms with Gasteiger partial charge < -0.3 is 14.5 Å². The minimum atomic E-state index is 0.0182. The zero-order valence-corrected chi connectivity index (χ0v) is 16.1. The first kappa shape index (κ1) is 17.8. The maximum Gasteiger partial charge on any atom is 0.320 e. The van der Waals surface area contributed by atoms with Crippen LogP contribution in [0.3, 0.4) is 0 Å². The second-order valence-corrected chi connectivity index (χ2v) is 8.41. The van der Waals surface area contributed by atoms with Gasteiger partial charge in [-0.1, -0.05) is 56.9 Å². The third-order valence-electron chi connectivity index (χ3n) is 6.72. The van der Waals surface area contributed by atoms with Crippen molar-refractivity contribution in [2.45, 2.75) is 69.9 Å². The zero-order chi connectivity index (χ0) is 18.0. The summed E-state index contributed by atoms with van der Waals surface area (Å²) in [7, 11) is 0. The predicted octanol–water partition coefficient (Wildman–Crippen LogP) is 4.54. The summed E-state index contributed by atoms with van der Waals surface area (Å²) in [4.78, 5) is 17.9. The molecule has 1 aromatic carbocycles. The van der Waals surface area contributed by atoms with Crippen LogP contribution in [0.1, 0.15) is 68.9 Å². The zero-order valence-electron chi connectivity index (χ0n) is 16.1. The van der Waals surface area contributed by atoms with Crippen molar-refractivity contribution < 1.29 is 9.53 Å². The molecule has 2 aliphatic heterocycles. The van der Waals surface area contributed by atoms with E-state index in [4.69, 9.17) is 4.74 Å². The molecule has 0 bridgehead atoms. The Kier molecular flexibility index (Phi) is 5.21. The van der Waals surface area contributed by atoms with Gasteiger partial charge in [0.1, 0.15) is 0 Å². The molecule has 4 heteroatoms. The normalized spacial score (nSPS) is 26.1. The van der Waals surface area contributed by atoms with Crippen molar-refractivity contribution in [3.8, 4) is 0 Å². The number of rotatable bonds is 0. The van der Waals surface area contributed by atoms with E-state index in [1.54, 1.807) is 0 Å². The lowest BCUT2D eigenvalue weighted by molar-refractivity contribution is 0.0188. The molecule has 26 heavy (non-hydrogen) atoms. The van der Waals surface area contributed by atoms with Crippen LogP contribution in [-0.4, -0.2) is 47.7 Å². The van der Waals surface area contributed by atoms with Gasteiger partial charge in [0, 0.05) is 25.2 Å². The summed E-state index contributed by atoms with van der Waals surface area (Å²) in [5.41, 5.74) is 2.79. The van der Waals surface area contributed by atoms with Crippen LogP contribution >= 0.6 is 0 Å². The van der Waals surface area contributed by atoms with Crippen LogP contribution in [0.5, 0.6) is 0 Å². The number of urea groups is 1. The van der Waals surface area contributed by atoms with Crippen molar-refractivity contribution in [3.05, 3.63) is 35.4 Å².